The maximum absolute atomic E-state index is 12.0. The molecule has 1 aliphatic heterocycles. The molecule has 2 heterocycles. The van der Waals surface area contributed by atoms with Gasteiger partial charge in [-0.1, -0.05) is 30.9 Å². The van der Waals surface area contributed by atoms with Gasteiger partial charge in [0, 0.05) is 5.56 Å². The summed E-state index contributed by atoms with van der Waals surface area (Å²) < 4.78 is 15.4. The lowest BCUT2D eigenvalue weighted by atomic mass is 10.2. The summed E-state index contributed by atoms with van der Waals surface area (Å²) in [5, 5.41) is 0. The molecule has 0 saturated heterocycles. The van der Waals surface area contributed by atoms with E-state index in [2.05, 4.69) is 11.6 Å². The van der Waals surface area contributed by atoms with Gasteiger partial charge in [-0.3, -0.25) is 0 Å². The first-order valence-corrected chi connectivity index (χ1v) is 8.44. The van der Waals surface area contributed by atoms with E-state index in [4.69, 9.17) is 13.9 Å². The van der Waals surface area contributed by atoms with E-state index in [9.17, 15) is 9.59 Å². The monoisotopic (exact) mass is 375 g/mol. The summed E-state index contributed by atoms with van der Waals surface area (Å²) in [5.41, 5.74) is 1.34. The molecule has 1 aromatic heterocycles. The Morgan fingerprint density at radius 1 is 1.14 bits per heavy atom. The molecule has 0 N–H and O–H groups in total. The summed E-state index contributed by atoms with van der Waals surface area (Å²) in [4.78, 5) is 28.1. The van der Waals surface area contributed by atoms with Crippen molar-refractivity contribution in [3.63, 3.8) is 0 Å². The Hall–Kier alpha value is -3.93. The van der Waals surface area contributed by atoms with Crippen LogP contribution in [0, 0.1) is 0 Å². The van der Waals surface area contributed by atoms with Gasteiger partial charge in [-0.25, -0.2) is 14.6 Å². The molecule has 6 heteroatoms. The Kier molecular flexibility index (Phi) is 5.81. The molecule has 0 spiro atoms. The molecule has 0 fully saturated rings. The van der Waals surface area contributed by atoms with Crippen molar-refractivity contribution in [1.29, 1.82) is 0 Å². The van der Waals surface area contributed by atoms with Gasteiger partial charge in [0.05, 0.1) is 6.26 Å². The first-order chi connectivity index (χ1) is 13.6. The number of nitrogens with zero attached hydrogens (tertiary/aromatic N) is 1. The minimum Gasteiger partial charge on any atom is -0.457 e. The number of ether oxygens (including phenoxy) is 2. The number of benzene rings is 1. The highest BCUT2D eigenvalue weighted by Crippen LogP contribution is 2.18. The van der Waals surface area contributed by atoms with Crippen LogP contribution < -0.4 is 0 Å². The van der Waals surface area contributed by atoms with Crippen LogP contribution in [-0.4, -0.2) is 17.8 Å². The zero-order valence-corrected chi connectivity index (χ0v) is 15.1. The number of hydrogen-bond acceptors (Lipinski definition) is 6. The van der Waals surface area contributed by atoms with Crippen LogP contribution in [0.2, 0.25) is 0 Å². The molecule has 3 rings (SSSR count). The molecule has 28 heavy (non-hydrogen) atoms. The number of esters is 2. The Balaban J connectivity index is 1.67. The molecule has 1 aliphatic rings. The van der Waals surface area contributed by atoms with Gasteiger partial charge in [-0.2, -0.15) is 0 Å². The van der Waals surface area contributed by atoms with Crippen LogP contribution in [0.4, 0.5) is 0 Å². The van der Waals surface area contributed by atoms with Crippen molar-refractivity contribution in [2.45, 2.75) is 6.92 Å². The third kappa shape index (κ3) is 4.62. The Morgan fingerprint density at radius 2 is 1.93 bits per heavy atom. The topological polar surface area (TPSA) is 78.1 Å². The first kappa shape index (κ1) is 18.8. The quantitative estimate of drug-likeness (QED) is 0.325. The maximum Gasteiger partial charge on any atom is 0.379 e. The SMILES string of the molecule is C=C(/C=C\C(=C/C)OC(=O)c1ccco1)/C=C1/N=C(c2ccccc2)OC1=O. The third-order valence-corrected chi connectivity index (χ3v) is 3.64. The minimum atomic E-state index is -0.608. The van der Waals surface area contributed by atoms with Crippen molar-refractivity contribution in [3.05, 3.63) is 108 Å². The van der Waals surface area contributed by atoms with Gasteiger partial charge in [0.15, 0.2) is 5.70 Å². The van der Waals surface area contributed by atoms with Crippen LogP contribution in [0.1, 0.15) is 23.0 Å². The molecule has 6 nitrogen and oxygen atoms in total. The van der Waals surface area contributed by atoms with Crippen molar-refractivity contribution < 1.29 is 23.5 Å². The van der Waals surface area contributed by atoms with E-state index < -0.39 is 11.9 Å². The van der Waals surface area contributed by atoms with E-state index in [1.165, 1.54) is 18.4 Å². The highest BCUT2D eigenvalue weighted by Gasteiger charge is 2.23. The molecule has 0 radical (unpaired) electrons. The van der Waals surface area contributed by atoms with Gasteiger partial charge in [0.25, 0.3) is 0 Å². The second kappa shape index (κ2) is 8.64. The van der Waals surface area contributed by atoms with Crippen molar-refractivity contribution in [3.8, 4) is 0 Å². The molecular formula is C22H17NO5. The second-order valence-electron chi connectivity index (χ2n) is 5.67. The summed E-state index contributed by atoms with van der Waals surface area (Å²) in [6.07, 6.45) is 7.66. The van der Waals surface area contributed by atoms with Crippen molar-refractivity contribution in [1.82, 2.24) is 0 Å². The molecule has 2 aromatic rings. The highest BCUT2D eigenvalue weighted by molar-refractivity contribution is 6.11. The lowest BCUT2D eigenvalue weighted by Crippen LogP contribution is -2.05. The first-order valence-electron chi connectivity index (χ1n) is 8.44. The maximum atomic E-state index is 12.0. The summed E-state index contributed by atoms with van der Waals surface area (Å²) in [5.74, 6) is -0.504. The molecule has 140 valence electrons. The predicted molar refractivity (Wildman–Crippen MR) is 103 cm³/mol. The van der Waals surface area contributed by atoms with E-state index in [0.29, 0.717) is 16.9 Å². The average molecular weight is 375 g/mol. The minimum absolute atomic E-state index is 0.102. The average Bonchev–Trinajstić information content (AvgIpc) is 3.36. The van der Waals surface area contributed by atoms with Crippen LogP contribution >= 0.6 is 0 Å². The van der Waals surface area contributed by atoms with Crippen LogP contribution in [0.5, 0.6) is 0 Å². The lowest BCUT2D eigenvalue weighted by molar-refractivity contribution is -0.130. The fraction of sp³-hybridized carbons (Fsp3) is 0.0455. The Bertz CT molecular complexity index is 1010. The largest absolute Gasteiger partial charge is 0.457 e. The van der Waals surface area contributed by atoms with E-state index in [1.54, 1.807) is 43.4 Å². The van der Waals surface area contributed by atoms with Gasteiger partial charge < -0.3 is 13.9 Å². The molecule has 0 bridgehead atoms. The summed E-state index contributed by atoms with van der Waals surface area (Å²) in [6, 6.07) is 12.2. The molecule has 0 saturated carbocycles. The number of furan rings is 1. The number of cyclic esters (lactones) is 1. The third-order valence-electron chi connectivity index (χ3n) is 3.64. The van der Waals surface area contributed by atoms with Gasteiger partial charge in [0.2, 0.25) is 11.7 Å². The fourth-order valence-corrected chi connectivity index (χ4v) is 2.27. The summed E-state index contributed by atoms with van der Waals surface area (Å²) >= 11 is 0. The van der Waals surface area contributed by atoms with Gasteiger partial charge >= 0.3 is 11.9 Å². The molecule has 0 amide bonds. The molecule has 0 atom stereocenters. The fourth-order valence-electron chi connectivity index (χ4n) is 2.27. The molecular weight excluding hydrogens is 358 g/mol. The van der Waals surface area contributed by atoms with Crippen molar-refractivity contribution in [2.75, 3.05) is 0 Å². The lowest BCUT2D eigenvalue weighted by Gasteiger charge is -2.02. The van der Waals surface area contributed by atoms with Crippen LogP contribution in [-0.2, 0) is 14.3 Å². The van der Waals surface area contributed by atoms with Crippen molar-refractivity contribution in [2.24, 2.45) is 4.99 Å². The standard InChI is InChI=1S/C22H17NO5/c1-3-17(27-22(25)19-10-7-13-26-19)12-11-15(2)14-18-21(24)28-20(23-18)16-8-5-4-6-9-16/h3-14H,2H2,1H3/b12-11-,17-3+,18-14+. The van der Waals surface area contributed by atoms with E-state index in [1.807, 2.05) is 18.2 Å². The molecule has 1 aromatic carbocycles. The van der Waals surface area contributed by atoms with Crippen molar-refractivity contribution >= 4 is 17.8 Å². The van der Waals surface area contributed by atoms with Gasteiger partial charge in [-0.05, 0) is 55.0 Å². The Labute approximate surface area is 161 Å². The van der Waals surface area contributed by atoms with Gasteiger partial charge in [0.1, 0.15) is 5.76 Å². The molecule has 0 unspecified atom stereocenters. The number of hydrogen-bond donors (Lipinski definition) is 0. The van der Waals surface area contributed by atoms with E-state index in [-0.39, 0.29) is 17.4 Å². The summed E-state index contributed by atoms with van der Waals surface area (Å²) in [7, 11) is 0. The number of carbonyl (C=O) groups is 2. The highest BCUT2D eigenvalue weighted by atomic mass is 16.6. The van der Waals surface area contributed by atoms with E-state index >= 15 is 0 Å². The van der Waals surface area contributed by atoms with Crippen LogP contribution in [0.25, 0.3) is 0 Å². The van der Waals surface area contributed by atoms with E-state index in [0.717, 1.165) is 0 Å². The smallest absolute Gasteiger partial charge is 0.379 e. The predicted octanol–water partition coefficient (Wildman–Crippen LogP) is 4.34. The zero-order valence-electron chi connectivity index (χ0n) is 15.1. The zero-order chi connectivity index (χ0) is 19.9. The Morgan fingerprint density at radius 3 is 2.61 bits per heavy atom. The second-order valence-corrected chi connectivity index (χ2v) is 5.67. The van der Waals surface area contributed by atoms with Crippen LogP contribution in [0.15, 0.2) is 106 Å². The normalized spacial score (nSPS) is 15.6. The van der Waals surface area contributed by atoms with Gasteiger partial charge in [-0.15, -0.1) is 0 Å². The van der Waals surface area contributed by atoms with Crippen LogP contribution in [0.3, 0.4) is 0 Å². The number of allylic oxidation sites excluding steroid dienone is 5. The number of carbonyl (C=O) groups excluding carboxylic acids is 2. The molecule has 0 aliphatic carbocycles. The summed E-state index contributed by atoms with van der Waals surface area (Å²) in [6.45, 7) is 5.58. The number of rotatable bonds is 6. The number of aliphatic imine (C=N–C) groups is 1.